The summed E-state index contributed by atoms with van der Waals surface area (Å²) >= 11 is 0. The number of carbonyl (C=O) groups is 1. The molecule has 0 spiro atoms. The van der Waals surface area contributed by atoms with E-state index in [1.165, 1.54) is 0 Å². The van der Waals surface area contributed by atoms with Crippen LogP contribution in [0, 0.1) is 0 Å². The maximum Gasteiger partial charge on any atom is 0.220 e. The molecule has 0 heterocycles. The van der Waals surface area contributed by atoms with E-state index in [1.807, 2.05) is 27.7 Å². The van der Waals surface area contributed by atoms with Gasteiger partial charge in [0.05, 0.1) is 31.0 Å². The molecule has 0 atom stereocenters. The Bertz CT molecular complexity index is 293. The highest BCUT2D eigenvalue weighted by atomic mass is 16.5. The molecular weight excluding hydrogens is 272 g/mol. The molecule has 0 saturated carbocycles. The Kier molecular flexibility index (Phi) is 9.77. The summed E-state index contributed by atoms with van der Waals surface area (Å²) in [5, 5.41) is 11.3. The van der Waals surface area contributed by atoms with Crippen LogP contribution < -0.4 is 11.1 Å². The number of ether oxygens (including phenoxy) is 2. The number of nitrogens with two attached hydrogens (primary N) is 1. The molecule has 126 valence electrons. The molecule has 0 aromatic carbocycles. The highest BCUT2D eigenvalue weighted by molar-refractivity contribution is 5.75. The van der Waals surface area contributed by atoms with Gasteiger partial charge < -0.3 is 25.6 Å². The van der Waals surface area contributed by atoms with E-state index in [4.69, 9.17) is 20.3 Å². The molecule has 0 aliphatic rings. The average Bonchev–Trinajstić information content (AvgIpc) is 2.40. The van der Waals surface area contributed by atoms with E-state index in [9.17, 15) is 4.79 Å². The van der Waals surface area contributed by atoms with Crippen molar-refractivity contribution in [3.63, 3.8) is 0 Å². The predicted molar refractivity (Wildman–Crippen MR) is 83.1 cm³/mol. The van der Waals surface area contributed by atoms with Crippen LogP contribution in [0.15, 0.2) is 0 Å². The molecule has 6 nitrogen and oxygen atoms in total. The quantitative estimate of drug-likeness (QED) is 0.496. The first kappa shape index (κ1) is 20.3. The standard InChI is InChI=1S/C15H32N2O4/c1-14(2,6-5-13(19)17-9-10-18)20-11-7-15(3,4)21-12-8-16/h18H,5-12,16H2,1-4H3,(H,17,19). The van der Waals surface area contributed by atoms with Crippen molar-refractivity contribution in [1.29, 1.82) is 0 Å². The van der Waals surface area contributed by atoms with E-state index in [2.05, 4.69) is 5.32 Å². The van der Waals surface area contributed by atoms with E-state index in [0.29, 0.717) is 39.1 Å². The fraction of sp³-hybridized carbons (Fsp3) is 0.933. The van der Waals surface area contributed by atoms with Crippen molar-refractivity contribution in [3.8, 4) is 0 Å². The van der Waals surface area contributed by atoms with Gasteiger partial charge in [-0.2, -0.15) is 0 Å². The topological polar surface area (TPSA) is 93.8 Å². The molecule has 0 unspecified atom stereocenters. The van der Waals surface area contributed by atoms with Crippen LogP contribution in [0.5, 0.6) is 0 Å². The number of carbonyl (C=O) groups excluding carboxylic acids is 1. The number of rotatable bonds is 12. The molecule has 21 heavy (non-hydrogen) atoms. The van der Waals surface area contributed by atoms with Crippen molar-refractivity contribution in [3.05, 3.63) is 0 Å². The zero-order valence-corrected chi connectivity index (χ0v) is 13.9. The van der Waals surface area contributed by atoms with Gasteiger partial charge in [-0.3, -0.25) is 4.79 Å². The second kappa shape index (κ2) is 10.1. The first-order valence-corrected chi connectivity index (χ1v) is 7.58. The maximum absolute atomic E-state index is 11.5. The normalized spacial score (nSPS) is 12.5. The molecule has 0 aliphatic heterocycles. The van der Waals surface area contributed by atoms with Gasteiger partial charge >= 0.3 is 0 Å². The second-order valence-corrected chi connectivity index (χ2v) is 6.33. The largest absolute Gasteiger partial charge is 0.395 e. The molecule has 1 amide bonds. The predicted octanol–water partition coefficient (Wildman–Crippen LogP) is 0.814. The minimum absolute atomic E-state index is 0.0382. The highest BCUT2D eigenvalue weighted by Gasteiger charge is 2.23. The van der Waals surface area contributed by atoms with E-state index < -0.39 is 0 Å². The van der Waals surface area contributed by atoms with Gasteiger partial charge in [0.15, 0.2) is 0 Å². The van der Waals surface area contributed by atoms with Crippen LogP contribution in [0.2, 0.25) is 0 Å². The van der Waals surface area contributed by atoms with Crippen LogP contribution >= 0.6 is 0 Å². The lowest BCUT2D eigenvalue weighted by atomic mass is 10.0. The van der Waals surface area contributed by atoms with Crippen LogP contribution in [0.25, 0.3) is 0 Å². The third kappa shape index (κ3) is 11.6. The zero-order valence-electron chi connectivity index (χ0n) is 13.9. The van der Waals surface area contributed by atoms with Crippen LogP contribution in [0.3, 0.4) is 0 Å². The Morgan fingerprint density at radius 2 is 1.67 bits per heavy atom. The Balaban J connectivity index is 3.93. The molecule has 4 N–H and O–H groups in total. The van der Waals surface area contributed by atoms with Gasteiger partial charge in [0.2, 0.25) is 5.91 Å². The molecule has 0 bridgehead atoms. The SMILES string of the molecule is CC(C)(CCOC(C)(C)CCC(=O)NCCO)OCCN. The number of hydrogen-bond donors (Lipinski definition) is 3. The van der Waals surface area contributed by atoms with Crippen LogP contribution in [0.4, 0.5) is 0 Å². The van der Waals surface area contributed by atoms with Crippen molar-refractivity contribution in [2.24, 2.45) is 5.73 Å². The number of aliphatic hydroxyl groups excluding tert-OH is 1. The molecule has 0 radical (unpaired) electrons. The number of amides is 1. The molecule has 0 aromatic rings. The first-order chi connectivity index (χ1) is 9.72. The van der Waals surface area contributed by atoms with Crippen LogP contribution in [0.1, 0.15) is 47.0 Å². The molecule has 0 saturated heterocycles. The molecule has 0 fully saturated rings. The van der Waals surface area contributed by atoms with E-state index in [-0.39, 0.29) is 23.7 Å². The summed E-state index contributed by atoms with van der Waals surface area (Å²) in [7, 11) is 0. The lowest BCUT2D eigenvalue weighted by Crippen LogP contribution is -2.33. The Morgan fingerprint density at radius 1 is 1.10 bits per heavy atom. The fourth-order valence-electron chi connectivity index (χ4n) is 1.75. The van der Waals surface area contributed by atoms with Gasteiger partial charge in [0.25, 0.3) is 0 Å². The van der Waals surface area contributed by atoms with E-state index in [1.54, 1.807) is 0 Å². The van der Waals surface area contributed by atoms with Crippen molar-refractivity contribution in [1.82, 2.24) is 5.32 Å². The molecule has 0 aliphatic carbocycles. The third-order valence-corrected chi connectivity index (χ3v) is 3.20. The van der Waals surface area contributed by atoms with Gasteiger partial charge in [0, 0.05) is 19.5 Å². The summed E-state index contributed by atoms with van der Waals surface area (Å²) in [6.07, 6.45) is 1.79. The van der Waals surface area contributed by atoms with E-state index in [0.717, 1.165) is 6.42 Å². The first-order valence-electron chi connectivity index (χ1n) is 7.58. The summed E-state index contributed by atoms with van der Waals surface area (Å²) in [4.78, 5) is 11.5. The molecule has 0 rings (SSSR count). The number of aliphatic hydroxyl groups is 1. The maximum atomic E-state index is 11.5. The Labute approximate surface area is 128 Å². The summed E-state index contributed by atoms with van der Waals surface area (Å²) in [5.41, 5.74) is 4.81. The zero-order chi connectivity index (χ0) is 16.4. The number of nitrogens with one attached hydrogen (secondary N) is 1. The lowest BCUT2D eigenvalue weighted by Gasteiger charge is -2.29. The highest BCUT2D eigenvalue weighted by Crippen LogP contribution is 2.20. The van der Waals surface area contributed by atoms with Gasteiger partial charge in [-0.15, -0.1) is 0 Å². The van der Waals surface area contributed by atoms with Gasteiger partial charge in [-0.1, -0.05) is 0 Å². The summed E-state index contributed by atoms with van der Waals surface area (Å²) < 4.78 is 11.5. The van der Waals surface area contributed by atoms with Gasteiger partial charge in [-0.25, -0.2) is 0 Å². The number of hydrogen-bond acceptors (Lipinski definition) is 5. The van der Waals surface area contributed by atoms with Crippen molar-refractivity contribution >= 4 is 5.91 Å². The minimum atomic E-state index is -0.361. The smallest absolute Gasteiger partial charge is 0.220 e. The molecule has 0 aromatic heterocycles. The molecule has 6 heteroatoms. The molecular formula is C15H32N2O4. The Morgan fingerprint density at radius 3 is 2.24 bits per heavy atom. The monoisotopic (exact) mass is 304 g/mol. The lowest BCUT2D eigenvalue weighted by molar-refractivity contribution is -0.123. The Hall–Kier alpha value is -0.690. The minimum Gasteiger partial charge on any atom is -0.395 e. The van der Waals surface area contributed by atoms with Crippen molar-refractivity contribution < 1.29 is 19.4 Å². The van der Waals surface area contributed by atoms with Gasteiger partial charge in [0.1, 0.15) is 0 Å². The van der Waals surface area contributed by atoms with Gasteiger partial charge in [-0.05, 0) is 40.5 Å². The summed E-state index contributed by atoms with van der Waals surface area (Å²) in [6.45, 7) is 9.86. The average molecular weight is 304 g/mol. The van der Waals surface area contributed by atoms with Crippen LogP contribution in [-0.4, -0.2) is 55.1 Å². The van der Waals surface area contributed by atoms with E-state index >= 15 is 0 Å². The fourth-order valence-corrected chi connectivity index (χ4v) is 1.75. The van der Waals surface area contributed by atoms with Crippen LogP contribution in [-0.2, 0) is 14.3 Å². The summed E-state index contributed by atoms with van der Waals surface area (Å²) in [6, 6.07) is 0. The van der Waals surface area contributed by atoms with Crippen molar-refractivity contribution in [2.45, 2.75) is 58.2 Å². The summed E-state index contributed by atoms with van der Waals surface area (Å²) in [5.74, 6) is -0.0627. The second-order valence-electron chi connectivity index (χ2n) is 6.33. The third-order valence-electron chi connectivity index (χ3n) is 3.20. The van der Waals surface area contributed by atoms with Crippen molar-refractivity contribution in [2.75, 3.05) is 32.9 Å².